The molecular weight excluding hydrogens is 218 g/mol. The minimum Gasteiger partial charge on any atom is -0.478 e. The van der Waals surface area contributed by atoms with Crippen LogP contribution in [-0.2, 0) is 6.54 Å². The first-order valence-corrected chi connectivity index (χ1v) is 5.50. The average molecular weight is 233 g/mol. The number of hydrogen-bond donors (Lipinski definition) is 2. The molecule has 0 amide bonds. The molecule has 90 valence electrons. The minimum absolute atomic E-state index is 0.0741. The van der Waals surface area contributed by atoms with Gasteiger partial charge in [0.05, 0.1) is 12.2 Å². The summed E-state index contributed by atoms with van der Waals surface area (Å²) in [5.74, 6) is -0.918. The lowest BCUT2D eigenvalue weighted by atomic mass is 10.1. The molecular formula is C13H15NO3. The molecule has 2 N–H and O–H groups in total. The van der Waals surface area contributed by atoms with Gasteiger partial charge in [-0.25, -0.2) is 4.79 Å². The minimum atomic E-state index is -0.918. The molecule has 0 aliphatic rings. The van der Waals surface area contributed by atoms with E-state index in [4.69, 9.17) is 10.2 Å². The number of fused-ring (bicyclic) bond motifs is 1. The maximum absolute atomic E-state index is 10.9. The number of aromatic carboxylic acids is 1. The number of aliphatic hydroxyl groups excluding tert-OH is 1. The summed E-state index contributed by atoms with van der Waals surface area (Å²) in [6.07, 6.45) is 0. The number of aromatic nitrogens is 1. The van der Waals surface area contributed by atoms with Crippen molar-refractivity contribution in [1.82, 2.24) is 4.57 Å². The van der Waals surface area contributed by atoms with Crippen molar-refractivity contribution in [2.24, 2.45) is 0 Å². The molecule has 2 rings (SSSR count). The Bertz CT molecular complexity index is 584. The van der Waals surface area contributed by atoms with E-state index in [1.807, 2.05) is 18.4 Å². The van der Waals surface area contributed by atoms with E-state index >= 15 is 0 Å². The molecule has 1 heterocycles. The van der Waals surface area contributed by atoms with Gasteiger partial charge in [0, 0.05) is 23.1 Å². The summed E-state index contributed by atoms with van der Waals surface area (Å²) in [4.78, 5) is 10.9. The number of benzene rings is 1. The van der Waals surface area contributed by atoms with E-state index in [-0.39, 0.29) is 6.61 Å². The van der Waals surface area contributed by atoms with E-state index in [0.717, 1.165) is 22.2 Å². The van der Waals surface area contributed by atoms with Crippen LogP contribution in [0.1, 0.15) is 21.6 Å². The number of aryl methyl sites for hydroxylation is 1. The average Bonchev–Trinajstić information content (AvgIpc) is 2.54. The van der Waals surface area contributed by atoms with Crippen molar-refractivity contribution in [1.29, 1.82) is 0 Å². The van der Waals surface area contributed by atoms with Crippen LogP contribution in [0.25, 0.3) is 10.9 Å². The Morgan fingerprint density at radius 2 is 2.06 bits per heavy atom. The lowest BCUT2D eigenvalue weighted by molar-refractivity contribution is 0.0697. The SMILES string of the molecule is Cc1c(C)n(CCO)c2ccc(C(=O)O)cc12. The molecule has 1 aromatic heterocycles. The number of carbonyl (C=O) groups is 1. The Morgan fingerprint density at radius 3 is 2.65 bits per heavy atom. The van der Waals surface area contributed by atoms with E-state index in [0.29, 0.717) is 12.1 Å². The molecule has 2 aromatic rings. The van der Waals surface area contributed by atoms with Gasteiger partial charge in [0.25, 0.3) is 0 Å². The first kappa shape index (κ1) is 11.7. The summed E-state index contributed by atoms with van der Waals surface area (Å²) < 4.78 is 2.01. The summed E-state index contributed by atoms with van der Waals surface area (Å²) in [5.41, 5.74) is 3.40. The van der Waals surface area contributed by atoms with Crippen LogP contribution in [0.15, 0.2) is 18.2 Å². The van der Waals surface area contributed by atoms with Gasteiger partial charge >= 0.3 is 5.97 Å². The highest BCUT2D eigenvalue weighted by Crippen LogP contribution is 2.26. The predicted octanol–water partition coefficient (Wildman–Crippen LogP) is 1.95. The van der Waals surface area contributed by atoms with Gasteiger partial charge in [-0.3, -0.25) is 0 Å². The monoisotopic (exact) mass is 233 g/mol. The van der Waals surface area contributed by atoms with Crippen LogP contribution >= 0.6 is 0 Å². The van der Waals surface area contributed by atoms with Gasteiger partial charge in [0.2, 0.25) is 0 Å². The van der Waals surface area contributed by atoms with E-state index in [2.05, 4.69) is 0 Å². The first-order valence-electron chi connectivity index (χ1n) is 5.50. The maximum Gasteiger partial charge on any atom is 0.335 e. The van der Waals surface area contributed by atoms with Gasteiger partial charge in [0.15, 0.2) is 0 Å². The van der Waals surface area contributed by atoms with Crippen LogP contribution in [0.2, 0.25) is 0 Å². The third-order valence-electron chi connectivity index (χ3n) is 3.21. The van der Waals surface area contributed by atoms with Gasteiger partial charge in [-0.05, 0) is 37.6 Å². The first-order chi connectivity index (χ1) is 8.06. The molecule has 1 aromatic carbocycles. The predicted molar refractivity (Wildman–Crippen MR) is 65.5 cm³/mol. The van der Waals surface area contributed by atoms with E-state index in [1.165, 1.54) is 0 Å². The molecule has 0 aliphatic heterocycles. The molecule has 4 nitrogen and oxygen atoms in total. The van der Waals surface area contributed by atoms with Crippen molar-refractivity contribution >= 4 is 16.9 Å². The number of hydrogen-bond acceptors (Lipinski definition) is 2. The van der Waals surface area contributed by atoms with Crippen LogP contribution in [0.5, 0.6) is 0 Å². The van der Waals surface area contributed by atoms with Gasteiger partial charge in [-0.1, -0.05) is 0 Å². The number of carboxylic acid groups (broad SMARTS) is 1. The lowest BCUT2D eigenvalue weighted by Crippen LogP contribution is -2.04. The molecule has 0 unspecified atom stereocenters. The molecule has 0 fully saturated rings. The second kappa shape index (κ2) is 4.22. The second-order valence-corrected chi connectivity index (χ2v) is 4.12. The Morgan fingerprint density at radius 1 is 1.35 bits per heavy atom. The van der Waals surface area contributed by atoms with Crippen LogP contribution < -0.4 is 0 Å². The van der Waals surface area contributed by atoms with E-state index in [1.54, 1.807) is 18.2 Å². The highest BCUT2D eigenvalue weighted by Gasteiger charge is 2.12. The van der Waals surface area contributed by atoms with Crippen molar-refractivity contribution in [3.63, 3.8) is 0 Å². The standard InChI is InChI=1S/C13H15NO3/c1-8-9(2)14(5-6-15)12-4-3-10(13(16)17)7-11(8)12/h3-4,7,15H,5-6H2,1-2H3,(H,16,17). The second-order valence-electron chi connectivity index (χ2n) is 4.12. The van der Waals surface area contributed by atoms with E-state index in [9.17, 15) is 4.79 Å². The topological polar surface area (TPSA) is 62.5 Å². The Kier molecular flexibility index (Phi) is 2.90. The third-order valence-corrected chi connectivity index (χ3v) is 3.21. The third kappa shape index (κ3) is 1.80. The van der Waals surface area contributed by atoms with E-state index < -0.39 is 5.97 Å². The quantitative estimate of drug-likeness (QED) is 0.851. The number of nitrogens with zero attached hydrogens (tertiary/aromatic N) is 1. The molecule has 0 aliphatic carbocycles. The van der Waals surface area contributed by atoms with Crippen LogP contribution in [-0.4, -0.2) is 27.4 Å². The molecule has 0 saturated carbocycles. The summed E-state index contributed by atoms with van der Waals surface area (Å²) in [5, 5.41) is 18.9. The summed E-state index contributed by atoms with van der Waals surface area (Å²) in [7, 11) is 0. The molecule has 0 atom stereocenters. The fourth-order valence-electron chi connectivity index (χ4n) is 2.17. The molecule has 0 bridgehead atoms. The van der Waals surface area contributed by atoms with Gasteiger partial charge < -0.3 is 14.8 Å². The summed E-state index contributed by atoms with van der Waals surface area (Å²) >= 11 is 0. The van der Waals surface area contributed by atoms with Crippen LogP contribution in [0.4, 0.5) is 0 Å². The largest absolute Gasteiger partial charge is 0.478 e. The molecule has 0 saturated heterocycles. The summed E-state index contributed by atoms with van der Waals surface area (Å²) in [6, 6.07) is 5.08. The lowest BCUT2D eigenvalue weighted by Gasteiger charge is -2.05. The number of aliphatic hydroxyl groups is 1. The van der Waals surface area contributed by atoms with Gasteiger partial charge in [-0.15, -0.1) is 0 Å². The highest BCUT2D eigenvalue weighted by atomic mass is 16.4. The van der Waals surface area contributed by atoms with Gasteiger partial charge in [0.1, 0.15) is 0 Å². The Balaban J connectivity index is 2.71. The number of carboxylic acids is 1. The van der Waals surface area contributed by atoms with Crippen molar-refractivity contribution in [2.75, 3.05) is 6.61 Å². The van der Waals surface area contributed by atoms with Crippen molar-refractivity contribution in [3.8, 4) is 0 Å². The van der Waals surface area contributed by atoms with Crippen molar-refractivity contribution in [2.45, 2.75) is 20.4 Å². The van der Waals surface area contributed by atoms with Gasteiger partial charge in [-0.2, -0.15) is 0 Å². The zero-order valence-corrected chi connectivity index (χ0v) is 9.90. The zero-order valence-electron chi connectivity index (χ0n) is 9.90. The Labute approximate surface area is 99.1 Å². The zero-order chi connectivity index (χ0) is 12.6. The van der Waals surface area contributed by atoms with Crippen molar-refractivity contribution in [3.05, 3.63) is 35.0 Å². The number of rotatable bonds is 3. The Hall–Kier alpha value is -1.81. The van der Waals surface area contributed by atoms with Crippen LogP contribution in [0, 0.1) is 13.8 Å². The smallest absolute Gasteiger partial charge is 0.335 e. The highest BCUT2D eigenvalue weighted by molar-refractivity contribution is 5.95. The molecule has 4 heteroatoms. The fourth-order valence-corrected chi connectivity index (χ4v) is 2.17. The molecule has 17 heavy (non-hydrogen) atoms. The van der Waals surface area contributed by atoms with Crippen molar-refractivity contribution < 1.29 is 15.0 Å². The normalized spacial score (nSPS) is 11.0. The maximum atomic E-state index is 10.9. The van der Waals surface area contributed by atoms with Crippen LogP contribution in [0.3, 0.4) is 0 Å². The summed E-state index contributed by atoms with van der Waals surface area (Å²) in [6.45, 7) is 4.55. The fraction of sp³-hybridized carbons (Fsp3) is 0.308. The molecule has 0 radical (unpaired) electrons. The molecule has 0 spiro atoms.